The van der Waals surface area contributed by atoms with Gasteiger partial charge in [-0.05, 0) is 63.3 Å². The lowest BCUT2D eigenvalue weighted by atomic mass is 9.80. The van der Waals surface area contributed by atoms with Crippen molar-refractivity contribution in [1.82, 2.24) is 25.2 Å². The number of hydrogen-bond donors (Lipinski definition) is 4. The van der Waals surface area contributed by atoms with Gasteiger partial charge in [0.2, 0.25) is 5.91 Å². The lowest BCUT2D eigenvalue weighted by Gasteiger charge is -2.37. The number of carbonyl (C=O) groups is 2. The maximum atomic E-state index is 14.3. The molecule has 3 heterocycles. The molecule has 3 atom stereocenters. The Labute approximate surface area is 229 Å². The fraction of sp³-hybridized carbons (Fsp3) is 0.464. The third kappa shape index (κ3) is 5.89. The van der Waals surface area contributed by atoms with Gasteiger partial charge in [-0.25, -0.2) is 13.3 Å². The van der Waals surface area contributed by atoms with Crippen molar-refractivity contribution < 1.29 is 23.5 Å². The van der Waals surface area contributed by atoms with Crippen LogP contribution in [0, 0.1) is 23.2 Å². The molecule has 3 aromatic rings. The van der Waals surface area contributed by atoms with Crippen LogP contribution in [0.15, 0.2) is 36.7 Å². The van der Waals surface area contributed by atoms with E-state index < -0.39 is 29.8 Å². The Kier molecular flexibility index (Phi) is 7.42. The number of fused-ring (bicyclic) bond motifs is 1. The largest absolute Gasteiger partial charge is 0.387 e. The SMILES string of the molecule is CC(C)(O)[C@H](F)CNC(=O)c1cnc(-c2ccc3cc(C#N)cnn23)cc1N[C@H]1C[C@H](CNC(=O)C2CC2F)C1. The number of aliphatic hydroxyl groups is 1. The van der Waals surface area contributed by atoms with E-state index in [0.717, 1.165) is 12.8 Å². The first-order valence-electron chi connectivity index (χ1n) is 13.2. The van der Waals surface area contributed by atoms with Gasteiger partial charge in [-0.15, -0.1) is 0 Å². The number of rotatable bonds is 10. The number of aromatic nitrogens is 3. The van der Waals surface area contributed by atoms with Crippen molar-refractivity contribution in [3.05, 3.63) is 47.8 Å². The molecule has 40 heavy (non-hydrogen) atoms. The van der Waals surface area contributed by atoms with Crippen LogP contribution in [-0.2, 0) is 4.79 Å². The Balaban J connectivity index is 1.32. The number of nitrogens with zero attached hydrogens (tertiary/aromatic N) is 4. The van der Waals surface area contributed by atoms with Crippen molar-refractivity contribution in [2.24, 2.45) is 11.8 Å². The molecule has 0 radical (unpaired) electrons. The second-order valence-electron chi connectivity index (χ2n) is 11.1. The number of alkyl halides is 2. The lowest BCUT2D eigenvalue weighted by Crippen LogP contribution is -2.43. The first-order chi connectivity index (χ1) is 19.0. The first-order valence-corrected chi connectivity index (χ1v) is 13.2. The molecule has 0 bridgehead atoms. The Morgan fingerprint density at radius 1 is 1.23 bits per heavy atom. The van der Waals surface area contributed by atoms with E-state index in [2.05, 4.69) is 32.1 Å². The highest BCUT2D eigenvalue weighted by atomic mass is 19.1. The summed E-state index contributed by atoms with van der Waals surface area (Å²) in [5.74, 6) is -1.08. The molecular formula is C28H31F2N7O3. The summed E-state index contributed by atoms with van der Waals surface area (Å²) in [6.45, 7) is 2.76. The maximum absolute atomic E-state index is 14.3. The molecule has 2 unspecified atom stereocenters. The highest BCUT2D eigenvalue weighted by Crippen LogP contribution is 2.35. The molecule has 2 aliphatic rings. The van der Waals surface area contributed by atoms with Crippen LogP contribution in [0.4, 0.5) is 14.5 Å². The van der Waals surface area contributed by atoms with Crippen molar-refractivity contribution in [1.29, 1.82) is 5.26 Å². The molecule has 5 rings (SSSR count). The molecule has 2 aliphatic carbocycles. The van der Waals surface area contributed by atoms with Gasteiger partial charge in [0.05, 0.1) is 58.0 Å². The van der Waals surface area contributed by atoms with Crippen molar-refractivity contribution in [3.8, 4) is 17.5 Å². The summed E-state index contributed by atoms with van der Waals surface area (Å²) in [6, 6.07) is 9.14. The van der Waals surface area contributed by atoms with Crippen LogP contribution in [-0.4, -0.2) is 68.6 Å². The van der Waals surface area contributed by atoms with E-state index in [0.29, 0.717) is 41.1 Å². The second kappa shape index (κ2) is 10.8. The number of carbonyl (C=O) groups excluding carboxylic acids is 2. The second-order valence-corrected chi connectivity index (χ2v) is 11.1. The van der Waals surface area contributed by atoms with Crippen LogP contribution < -0.4 is 16.0 Å². The number of nitriles is 1. The van der Waals surface area contributed by atoms with E-state index in [1.165, 1.54) is 26.2 Å². The number of pyridine rings is 1. The van der Waals surface area contributed by atoms with Gasteiger partial charge in [0.25, 0.3) is 5.91 Å². The fourth-order valence-corrected chi connectivity index (χ4v) is 4.73. The average Bonchev–Trinajstić information content (AvgIpc) is 3.49. The Morgan fingerprint density at radius 3 is 2.65 bits per heavy atom. The topological polar surface area (TPSA) is 144 Å². The zero-order valence-corrected chi connectivity index (χ0v) is 22.2. The molecule has 3 aromatic heterocycles. The number of hydrogen-bond acceptors (Lipinski definition) is 7. The van der Waals surface area contributed by atoms with E-state index in [4.69, 9.17) is 5.26 Å². The normalized spacial score (nSPS) is 22.6. The van der Waals surface area contributed by atoms with E-state index >= 15 is 0 Å². The van der Waals surface area contributed by atoms with Crippen LogP contribution >= 0.6 is 0 Å². The zero-order valence-electron chi connectivity index (χ0n) is 22.2. The summed E-state index contributed by atoms with van der Waals surface area (Å²) < 4.78 is 29.0. The van der Waals surface area contributed by atoms with Gasteiger partial charge in [0, 0.05) is 18.8 Å². The van der Waals surface area contributed by atoms with Gasteiger partial charge in [-0.3, -0.25) is 14.6 Å². The molecule has 12 heteroatoms. The van der Waals surface area contributed by atoms with E-state index in [-0.39, 0.29) is 30.0 Å². The molecule has 2 amide bonds. The van der Waals surface area contributed by atoms with Crippen LogP contribution in [0.2, 0.25) is 0 Å². The summed E-state index contributed by atoms with van der Waals surface area (Å²) >= 11 is 0. The van der Waals surface area contributed by atoms with E-state index in [1.807, 2.05) is 12.1 Å². The minimum atomic E-state index is -1.66. The van der Waals surface area contributed by atoms with Gasteiger partial charge in [-0.2, -0.15) is 10.4 Å². The minimum Gasteiger partial charge on any atom is -0.387 e. The Hall–Kier alpha value is -4.11. The zero-order chi connectivity index (χ0) is 28.6. The van der Waals surface area contributed by atoms with Gasteiger partial charge >= 0.3 is 0 Å². The smallest absolute Gasteiger partial charge is 0.255 e. The summed E-state index contributed by atoms with van der Waals surface area (Å²) in [6.07, 6.45) is 1.94. The van der Waals surface area contributed by atoms with Crippen molar-refractivity contribution in [2.75, 3.05) is 18.4 Å². The Morgan fingerprint density at radius 2 is 1.98 bits per heavy atom. The third-order valence-corrected chi connectivity index (χ3v) is 7.46. The quantitative estimate of drug-likeness (QED) is 0.303. The minimum absolute atomic E-state index is 0.0178. The van der Waals surface area contributed by atoms with Gasteiger partial charge in [0.1, 0.15) is 18.4 Å². The lowest BCUT2D eigenvalue weighted by molar-refractivity contribution is -0.123. The standard InChI is InChI=1S/C28H31F2N7O3/c1-28(2,40)25(30)14-34-27(39)20-13-32-23(24-4-3-18-7-16(10-31)12-35-37(18)24)9-22(20)36-17-5-15(6-17)11-33-26(38)19-8-21(19)29/h3-4,7,9,12-13,15,17,19,21,25,40H,5-6,8,11,14H2,1-2H3,(H,32,36)(H,33,38)(H,34,39)/t15-,17-,19?,21?,25-/m1/s1. The Bertz CT molecular complexity index is 1470. The average molecular weight is 552 g/mol. The molecule has 2 saturated carbocycles. The van der Waals surface area contributed by atoms with Crippen molar-refractivity contribution in [3.63, 3.8) is 0 Å². The fourth-order valence-electron chi connectivity index (χ4n) is 4.73. The van der Waals surface area contributed by atoms with Gasteiger partial charge in [0.15, 0.2) is 0 Å². The van der Waals surface area contributed by atoms with Gasteiger partial charge < -0.3 is 21.1 Å². The highest BCUT2D eigenvalue weighted by molar-refractivity contribution is 6.00. The maximum Gasteiger partial charge on any atom is 0.255 e. The molecule has 0 saturated heterocycles. The van der Waals surface area contributed by atoms with Crippen LogP contribution in [0.1, 0.15) is 49.0 Å². The van der Waals surface area contributed by atoms with Crippen molar-refractivity contribution >= 4 is 23.0 Å². The number of halogens is 2. The molecule has 210 valence electrons. The predicted octanol–water partition coefficient (Wildman–Crippen LogP) is 2.77. The first kappa shape index (κ1) is 27.5. The van der Waals surface area contributed by atoms with Gasteiger partial charge in [-0.1, -0.05) is 0 Å². The molecule has 10 nitrogen and oxygen atoms in total. The third-order valence-electron chi connectivity index (χ3n) is 7.46. The summed E-state index contributed by atoms with van der Waals surface area (Å²) in [7, 11) is 0. The molecule has 0 aromatic carbocycles. The summed E-state index contributed by atoms with van der Waals surface area (Å²) in [4.78, 5) is 29.4. The highest BCUT2D eigenvalue weighted by Gasteiger charge is 2.44. The molecule has 0 aliphatic heterocycles. The van der Waals surface area contributed by atoms with Crippen LogP contribution in [0.3, 0.4) is 0 Å². The predicted molar refractivity (Wildman–Crippen MR) is 143 cm³/mol. The molecule has 4 N–H and O–H groups in total. The summed E-state index contributed by atoms with van der Waals surface area (Å²) in [5.41, 5.74) is 1.43. The van der Waals surface area contributed by atoms with E-state index in [9.17, 15) is 23.5 Å². The monoisotopic (exact) mass is 551 g/mol. The van der Waals surface area contributed by atoms with Crippen molar-refractivity contribution in [2.45, 2.75) is 57.1 Å². The van der Waals surface area contributed by atoms with E-state index in [1.54, 1.807) is 16.6 Å². The molecule has 2 fully saturated rings. The van der Waals surface area contributed by atoms with Crippen LogP contribution in [0.25, 0.3) is 16.9 Å². The number of anilines is 1. The molecule has 0 spiro atoms. The number of nitrogens with one attached hydrogen (secondary N) is 3. The van der Waals surface area contributed by atoms with Crippen LogP contribution in [0.5, 0.6) is 0 Å². The summed E-state index contributed by atoms with van der Waals surface area (Å²) in [5, 5.41) is 32.1. The number of amides is 2. The molecular weight excluding hydrogens is 520 g/mol.